The molecule has 0 spiro atoms. The Hall–Kier alpha value is -2.78. The number of nitrogens with zero attached hydrogens (tertiary/aromatic N) is 4. The topological polar surface area (TPSA) is 81.4 Å². The number of thioether (sulfide) groups is 2. The third-order valence-electron chi connectivity index (χ3n) is 4.23. The number of aromatic nitrogens is 3. The molecule has 1 amide bonds. The zero-order valence-electron chi connectivity index (χ0n) is 17.0. The first-order valence-electron chi connectivity index (χ1n) is 9.31. The molecule has 30 heavy (non-hydrogen) atoms. The van der Waals surface area contributed by atoms with Crippen molar-refractivity contribution in [1.82, 2.24) is 20.2 Å². The minimum absolute atomic E-state index is 0.198. The summed E-state index contributed by atoms with van der Waals surface area (Å²) >= 11 is 3.01. The lowest BCUT2D eigenvalue weighted by molar-refractivity contribution is -0.118. The minimum Gasteiger partial charge on any atom is -0.497 e. The lowest BCUT2D eigenvalue weighted by atomic mass is 10.2. The summed E-state index contributed by atoms with van der Waals surface area (Å²) in [5.41, 5.74) is 4.42. The van der Waals surface area contributed by atoms with Gasteiger partial charge in [0.25, 0.3) is 5.91 Å². The van der Waals surface area contributed by atoms with E-state index in [-0.39, 0.29) is 11.7 Å². The highest BCUT2D eigenvalue weighted by Gasteiger charge is 2.14. The number of hydrazone groups is 1. The molecule has 1 aromatic heterocycles. The van der Waals surface area contributed by atoms with Gasteiger partial charge in [0.15, 0.2) is 11.0 Å². The van der Waals surface area contributed by atoms with E-state index in [2.05, 4.69) is 20.7 Å². The summed E-state index contributed by atoms with van der Waals surface area (Å²) in [6.45, 7) is 2.72. The van der Waals surface area contributed by atoms with Crippen LogP contribution in [0, 0.1) is 0 Å². The van der Waals surface area contributed by atoms with Gasteiger partial charge in [-0.15, -0.1) is 22.0 Å². The second-order valence-electron chi connectivity index (χ2n) is 6.13. The van der Waals surface area contributed by atoms with Gasteiger partial charge in [0.2, 0.25) is 0 Å². The highest BCUT2D eigenvalue weighted by Crippen LogP contribution is 2.25. The van der Waals surface area contributed by atoms with E-state index in [0.29, 0.717) is 11.7 Å². The average molecular weight is 442 g/mol. The van der Waals surface area contributed by atoms with Gasteiger partial charge < -0.3 is 9.30 Å². The van der Waals surface area contributed by atoms with E-state index < -0.39 is 0 Å². The first kappa shape index (κ1) is 21.9. The lowest BCUT2D eigenvalue weighted by Crippen LogP contribution is -2.20. The Bertz CT molecular complexity index is 1000. The van der Waals surface area contributed by atoms with Crippen LogP contribution in [0.1, 0.15) is 12.5 Å². The first-order chi connectivity index (χ1) is 14.6. The van der Waals surface area contributed by atoms with Gasteiger partial charge in [0.1, 0.15) is 5.75 Å². The van der Waals surface area contributed by atoms with E-state index in [0.717, 1.165) is 22.7 Å². The van der Waals surface area contributed by atoms with Gasteiger partial charge in [-0.1, -0.05) is 23.9 Å². The third kappa shape index (κ3) is 5.64. The van der Waals surface area contributed by atoms with E-state index in [1.54, 1.807) is 25.1 Å². The summed E-state index contributed by atoms with van der Waals surface area (Å²) < 4.78 is 7.18. The molecule has 2 aromatic carbocycles. The standard InChI is InChI=1S/C21H23N5O2S2/c1-4-26-20(16-7-9-17(28-2)10-8-16)24-25-21(26)30-14-19(27)23-22-13-15-5-11-18(29-3)12-6-15/h5-13H,4,14H2,1-3H3,(H,23,27). The van der Waals surface area contributed by atoms with Gasteiger partial charge in [-0.25, -0.2) is 5.43 Å². The van der Waals surface area contributed by atoms with Crippen molar-refractivity contribution in [3.05, 3.63) is 54.1 Å². The average Bonchev–Trinajstić information content (AvgIpc) is 3.21. The molecular weight excluding hydrogens is 418 g/mol. The fourth-order valence-electron chi connectivity index (χ4n) is 2.67. The van der Waals surface area contributed by atoms with Crippen LogP contribution in [0.2, 0.25) is 0 Å². The van der Waals surface area contributed by atoms with Crippen LogP contribution < -0.4 is 10.2 Å². The molecule has 156 valence electrons. The molecule has 0 saturated heterocycles. The Morgan fingerprint density at radius 1 is 1.17 bits per heavy atom. The number of ether oxygens (including phenoxy) is 1. The van der Waals surface area contributed by atoms with E-state index in [1.807, 2.05) is 66.3 Å². The van der Waals surface area contributed by atoms with E-state index in [4.69, 9.17) is 4.74 Å². The van der Waals surface area contributed by atoms with Crippen molar-refractivity contribution in [1.29, 1.82) is 0 Å². The fourth-order valence-corrected chi connectivity index (χ4v) is 3.87. The van der Waals surface area contributed by atoms with Crippen LogP contribution in [0.5, 0.6) is 5.75 Å². The molecule has 7 nitrogen and oxygen atoms in total. The normalized spacial score (nSPS) is 11.0. The monoisotopic (exact) mass is 441 g/mol. The van der Waals surface area contributed by atoms with Crippen molar-refractivity contribution in [2.24, 2.45) is 5.10 Å². The minimum atomic E-state index is -0.200. The second-order valence-corrected chi connectivity index (χ2v) is 7.96. The number of carbonyl (C=O) groups excluding carboxylic acids is 1. The van der Waals surface area contributed by atoms with Gasteiger partial charge in [-0.3, -0.25) is 4.79 Å². The summed E-state index contributed by atoms with van der Waals surface area (Å²) in [4.78, 5) is 13.3. The number of amides is 1. The van der Waals surface area contributed by atoms with Crippen molar-refractivity contribution in [3.63, 3.8) is 0 Å². The second kappa shape index (κ2) is 10.8. The van der Waals surface area contributed by atoms with Crippen LogP contribution in [0.4, 0.5) is 0 Å². The van der Waals surface area contributed by atoms with Crippen LogP contribution in [-0.2, 0) is 11.3 Å². The summed E-state index contributed by atoms with van der Waals surface area (Å²) in [5.74, 6) is 1.54. The van der Waals surface area contributed by atoms with Gasteiger partial charge in [-0.2, -0.15) is 5.10 Å². The Kier molecular flexibility index (Phi) is 7.92. The third-order valence-corrected chi connectivity index (χ3v) is 5.94. The lowest BCUT2D eigenvalue weighted by Gasteiger charge is -2.07. The molecule has 0 radical (unpaired) electrons. The highest BCUT2D eigenvalue weighted by atomic mass is 32.2. The molecular formula is C21H23N5O2S2. The molecule has 1 heterocycles. The van der Waals surface area contributed by atoms with E-state index in [1.165, 1.54) is 16.7 Å². The van der Waals surface area contributed by atoms with Gasteiger partial charge in [-0.05, 0) is 55.1 Å². The SMILES string of the molecule is CCn1c(SCC(=O)NN=Cc2ccc(SC)cc2)nnc1-c1ccc(OC)cc1. The Balaban J connectivity index is 1.57. The van der Waals surface area contributed by atoms with Crippen molar-refractivity contribution < 1.29 is 9.53 Å². The van der Waals surface area contributed by atoms with Crippen molar-refractivity contribution >= 4 is 35.6 Å². The first-order valence-corrected chi connectivity index (χ1v) is 11.5. The molecule has 0 aliphatic heterocycles. The summed E-state index contributed by atoms with van der Waals surface area (Å²) in [7, 11) is 1.63. The van der Waals surface area contributed by atoms with Crippen molar-refractivity contribution in [2.45, 2.75) is 23.5 Å². The molecule has 0 atom stereocenters. The largest absolute Gasteiger partial charge is 0.497 e. The smallest absolute Gasteiger partial charge is 0.250 e. The molecule has 1 N–H and O–H groups in total. The number of nitrogens with one attached hydrogen (secondary N) is 1. The predicted molar refractivity (Wildman–Crippen MR) is 122 cm³/mol. The molecule has 0 unspecified atom stereocenters. The molecule has 0 aliphatic carbocycles. The number of hydrogen-bond acceptors (Lipinski definition) is 7. The molecule has 3 aromatic rings. The quantitative estimate of drug-likeness (QED) is 0.308. The fraction of sp³-hybridized carbons (Fsp3) is 0.238. The Morgan fingerprint density at radius 2 is 1.90 bits per heavy atom. The summed E-state index contributed by atoms with van der Waals surface area (Å²) in [6.07, 6.45) is 3.66. The van der Waals surface area contributed by atoms with Gasteiger partial charge in [0.05, 0.1) is 19.1 Å². The van der Waals surface area contributed by atoms with E-state index in [9.17, 15) is 4.79 Å². The molecule has 0 bridgehead atoms. The number of benzene rings is 2. The highest BCUT2D eigenvalue weighted by molar-refractivity contribution is 7.99. The molecule has 0 aliphatic rings. The Morgan fingerprint density at radius 3 is 2.53 bits per heavy atom. The maximum atomic E-state index is 12.1. The predicted octanol–water partition coefficient (Wildman–Crippen LogP) is 3.94. The molecule has 0 saturated carbocycles. The maximum absolute atomic E-state index is 12.1. The number of carbonyl (C=O) groups is 1. The molecule has 3 rings (SSSR count). The molecule has 9 heteroatoms. The molecule has 0 fully saturated rings. The zero-order chi connectivity index (χ0) is 21.3. The van der Waals surface area contributed by atoms with Gasteiger partial charge >= 0.3 is 0 Å². The van der Waals surface area contributed by atoms with Gasteiger partial charge in [0, 0.05) is 17.0 Å². The van der Waals surface area contributed by atoms with Crippen LogP contribution in [0.25, 0.3) is 11.4 Å². The van der Waals surface area contributed by atoms with Crippen LogP contribution in [0.15, 0.2) is 63.7 Å². The van der Waals surface area contributed by atoms with E-state index >= 15 is 0 Å². The van der Waals surface area contributed by atoms with Crippen molar-refractivity contribution in [3.8, 4) is 17.1 Å². The van der Waals surface area contributed by atoms with Crippen molar-refractivity contribution in [2.75, 3.05) is 19.1 Å². The maximum Gasteiger partial charge on any atom is 0.250 e. The zero-order valence-corrected chi connectivity index (χ0v) is 18.7. The Labute approximate surface area is 184 Å². The number of hydrogen-bond donors (Lipinski definition) is 1. The van der Waals surface area contributed by atoms with Crippen LogP contribution in [0.3, 0.4) is 0 Å². The van der Waals surface area contributed by atoms with Crippen LogP contribution >= 0.6 is 23.5 Å². The number of rotatable bonds is 9. The summed E-state index contributed by atoms with van der Waals surface area (Å²) in [6, 6.07) is 15.6. The van der Waals surface area contributed by atoms with Crippen LogP contribution in [-0.4, -0.2) is 46.0 Å². The number of methoxy groups -OCH3 is 1. The summed E-state index contributed by atoms with van der Waals surface area (Å²) in [5, 5.41) is 13.3.